The zero-order chi connectivity index (χ0) is 21.9. The molecule has 2 aromatic carbocycles. The minimum Gasteiger partial charge on any atom is -0.461 e. The quantitative estimate of drug-likeness (QED) is 0.454. The van der Waals surface area contributed by atoms with E-state index in [1.165, 1.54) is 0 Å². The van der Waals surface area contributed by atoms with E-state index in [2.05, 4.69) is 10.6 Å². The third-order valence-corrected chi connectivity index (χ3v) is 4.30. The number of rotatable bonds is 10. The molecule has 1 atom stereocenters. The second-order valence-electron chi connectivity index (χ2n) is 7.03. The molecule has 0 saturated heterocycles. The number of Topliss-reactive ketones (excluding diaryl/α,β-unsaturated/α-hetero) is 1. The highest BCUT2D eigenvalue weighted by molar-refractivity contribution is 5.96. The van der Waals surface area contributed by atoms with Crippen molar-refractivity contribution in [2.24, 2.45) is 0 Å². The van der Waals surface area contributed by atoms with Crippen LogP contribution in [0.1, 0.15) is 42.6 Å². The van der Waals surface area contributed by atoms with Crippen molar-refractivity contribution < 1.29 is 23.9 Å². The lowest BCUT2D eigenvalue weighted by Gasteiger charge is -2.19. The Morgan fingerprint density at radius 3 is 2.23 bits per heavy atom. The van der Waals surface area contributed by atoms with E-state index in [4.69, 9.17) is 9.47 Å². The first kappa shape index (κ1) is 22.9. The average molecular weight is 412 g/mol. The minimum atomic E-state index is -0.976. The maximum Gasteiger partial charge on any atom is 0.408 e. The summed E-state index contributed by atoms with van der Waals surface area (Å²) in [6.07, 6.45) is -0.892. The highest BCUT2D eigenvalue weighted by Crippen LogP contribution is 2.13. The standard InChI is InChI=1S/C23H28N2O5/c1-16(2)30-22(27)20(25-23(28)29-15-17-7-5-4-6-8-17)13-14-21(26)18-9-11-19(24-3)12-10-18/h4-12,16,20,24H,13-15H2,1-3H3,(H,25,28). The maximum absolute atomic E-state index is 12.5. The minimum absolute atomic E-state index is 0.0787. The first-order valence-corrected chi connectivity index (χ1v) is 9.87. The van der Waals surface area contributed by atoms with Crippen LogP contribution in [0, 0.1) is 0 Å². The molecule has 1 amide bonds. The van der Waals surface area contributed by atoms with Gasteiger partial charge in [0.2, 0.25) is 0 Å². The zero-order valence-electron chi connectivity index (χ0n) is 17.5. The predicted octanol–water partition coefficient (Wildman–Crippen LogP) is 3.94. The van der Waals surface area contributed by atoms with Gasteiger partial charge in [0, 0.05) is 24.7 Å². The number of esters is 1. The predicted molar refractivity (Wildman–Crippen MR) is 114 cm³/mol. The fourth-order valence-corrected chi connectivity index (χ4v) is 2.71. The fraction of sp³-hybridized carbons (Fsp3) is 0.348. The van der Waals surface area contributed by atoms with E-state index in [-0.39, 0.29) is 31.3 Å². The number of benzene rings is 2. The van der Waals surface area contributed by atoms with E-state index < -0.39 is 18.1 Å². The summed E-state index contributed by atoms with van der Waals surface area (Å²) in [5.74, 6) is -0.723. The first-order chi connectivity index (χ1) is 14.4. The van der Waals surface area contributed by atoms with E-state index in [1.54, 1.807) is 45.2 Å². The lowest BCUT2D eigenvalue weighted by Crippen LogP contribution is -2.43. The molecule has 30 heavy (non-hydrogen) atoms. The molecule has 0 fully saturated rings. The highest BCUT2D eigenvalue weighted by atomic mass is 16.6. The molecule has 2 aromatic rings. The van der Waals surface area contributed by atoms with Gasteiger partial charge in [0.1, 0.15) is 12.6 Å². The Kier molecular flexibility index (Phi) is 8.87. The number of nitrogens with one attached hydrogen (secondary N) is 2. The molecule has 0 aliphatic rings. The lowest BCUT2D eigenvalue weighted by molar-refractivity contribution is -0.150. The fourth-order valence-electron chi connectivity index (χ4n) is 2.71. The van der Waals surface area contributed by atoms with Crippen LogP contribution in [0.5, 0.6) is 0 Å². The number of amides is 1. The lowest BCUT2D eigenvalue weighted by atomic mass is 10.0. The molecule has 0 aliphatic carbocycles. The van der Waals surface area contributed by atoms with Crippen molar-refractivity contribution >= 4 is 23.5 Å². The monoisotopic (exact) mass is 412 g/mol. The summed E-state index contributed by atoms with van der Waals surface area (Å²) in [7, 11) is 1.80. The Hall–Kier alpha value is -3.35. The van der Waals surface area contributed by atoms with Gasteiger partial charge >= 0.3 is 12.1 Å². The van der Waals surface area contributed by atoms with E-state index >= 15 is 0 Å². The number of carbonyl (C=O) groups excluding carboxylic acids is 3. The third kappa shape index (κ3) is 7.58. The van der Waals surface area contributed by atoms with Crippen LogP contribution < -0.4 is 10.6 Å². The molecule has 160 valence electrons. The van der Waals surface area contributed by atoms with Crippen LogP contribution >= 0.6 is 0 Å². The summed E-state index contributed by atoms with van der Waals surface area (Å²) in [5.41, 5.74) is 2.26. The van der Waals surface area contributed by atoms with Crippen molar-refractivity contribution in [1.82, 2.24) is 5.32 Å². The van der Waals surface area contributed by atoms with Crippen LogP contribution in [0.4, 0.5) is 10.5 Å². The number of hydrogen-bond donors (Lipinski definition) is 2. The van der Waals surface area contributed by atoms with Crippen molar-refractivity contribution in [3.63, 3.8) is 0 Å². The van der Waals surface area contributed by atoms with E-state index in [9.17, 15) is 14.4 Å². The van der Waals surface area contributed by atoms with Gasteiger partial charge in [-0.05, 0) is 50.1 Å². The molecule has 2 N–H and O–H groups in total. The molecule has 1 unspecified atom stereocenters. The zero-order valence-corrected chi connectivity index (χ0v) is 17.5. The van der Waals surface area contributed by atoms with E-state index in [0.29, 0.717) is 5.56 Å². The molecule has 0 spiro atoms. The van der Waals surface area contributed by atoms with Crippen molar-refractivity contribution in [3.8, 4) is 0 Å². The molecular weight excluding hydrogens is 384 g/mol. The van der Waals surface area contributed by atoms with Gasteiger partial charge in [-0.1, -0.05) is 30.3 Å². The number of alkyl carbamates (subject to hydrolysis) is 1. The Balaban J connectivity index is 1.95. The van der Waals surface area contributed by atoms with Gasteiger partial charge in [-0.25, -0.2) is 9.59 Å². The topological polar surface area (TPSA) is 93.7 Å². The summed E-state index contributed by atoms with van der Waals surface area (Å²) >= 11 is 0. The van der Waals surface area contributed by atoms with Gasteiger partial charge in [-0.2, -0.15) is 0 Å². The Bertz CT molecular complexity index is 834. The van der Waals surface area contributed by atoms with Crippen LogP contribution in [0.3, 0.4) is 0 Å². The number of hydrogen-bond acceptors (Lipinski definition) is 6. The number of carbonyl (C=O) groups is 3. The van der Waals surface area contributed by atoms with Crippen LogP contribution in [0.2, 0.25) is 0 Å². The van der Waals surface area contributed by atoms with Crippen molar-refractivity contribution in [3.05, 3.63) is 65.7 Å². The van der Waals surface area contributed by atoms with Crippen molar-refractivity contribution in [2.45, 2.75) is 45.4 Å². The second kappa shape index (κ2) is 11.6. The number of ketones is 1. The number of ether oxygens (including phenoxy) is 2. The molecule has 0 heterocycles. The van der Waals surface area contributed by atoms with Crippen LogP contribution in [0.25, 0.3) is 0 Å². The molecule has 2 rings (SSSR count). The molecule has 0 saturated carbocycles. The summed E-state index contributed by atoms with van der Waals surface area (Å²) in [6, 6.07) is 15.3. The molecule has 0 aliphatic heterocycles. The molecule has 7 heteroatoms. The van der Waals surface area contributed by atoms with Gasteiger partial charge in [0.25, 0.3) is 0 Å². The number of anilines is 1. The second-order valence-corrected chi connectivity index (χ2v) is 7.03. The van der Waals surface area contributed by atoms with E-state index in [1.807, 2.05) is 30.3 Å². The molecular formula is C23H28N2O5. The molecule has 0 aromatic heterocycles. The smallest absolute Gasteiger partial charge is 0.408 e. The van der Waals surface area contributed by atoms with Crippen molar-refractivity contribution in [2.75, 3.05) is 12.4 Å². The van der Waals surface area contributed by atoms with E-state index in [0.717, 1.165) is 11.3 Å². The van der Waals surface area contributed by atoms with Crippen LogP contribution in [0.15, 0.2) is 54.6 Å². The summed E-state index contributed by atoms with van der Waals surface area (Å²) in [6.45, 7) is 3.52. The summed E-state index contributed by atoms with van der Waals surface area (Å²) in [4.78, 5) is 37.0. The Morgan fingerprint density at radius 2 is 1.63 bits per heavy atom. The largest absolute Gasteiger partial charge is 0.461 e. The van der Waals surface area contributed by atoms with Gasteiger partial charge in [-0.15, -0.1) is 0 Å². The van der Waals surface area contributed by atoms with Crippen LogP contribution in [-0.2, 0) is 20.9 Å². The average Bonchev–Trinajstić information content (AvgIpc) is 2.75. The Labute approximate surface area is 176 Å². The van der Waals surface area contributed by atoms with Gasteiger partial charge in [0.15, 0.2) is 5.78 Å². The van der Waals surface area contributed by atoms with Crippen LogP contribution in [-0.4, -0.2) is 37.0 Å². The summed E-state index contributed by atoms with van der Waals surface area (Å²) < 4.78 is 10.4. The Morgan fingerprint density at radius 1 is 0.967 bits per heavy atom. The molecule has 0 radical (unpaired) electrons. The molecule has 7 nitrogen and oxygen atoms in total. The van der Waals surface area contributed by atoms with Gasteiger partial charge < -0.3 is 20.1 Å². The van der Waals surface area contributed by atoms with Crippen molar-refractivity contribution in [1.29, 1.82) is 0 Å². The van der Waals surface area contributed by atoms with Gasteiger partial charge in [-0.3, -0.25) is 4.79 Å². The first-order valence-electron chi connectivity index (χ1n) is 9.87. The highest BCUT2D eigenvalue weighted by Gasteiger charge is 2.25. The normalized spacial score (nSPS) is 11.5. The molecule has 0 bridgehead atoms. The summed E-state index contributed by atoms with van der Waals surface area (Å²) in [5, 5.41) is 5.51. The third-order valence-electron chi connectivity index (χ3n) is 4.30. The SMILES string of the molecule is CNc1ccc(C(=O)CCC(NC(=O)OCc2ccccc2)C(=O)OC(C)C)cc1. The maximum atomic E-state index is 12.5. The van der Waals surface area contributed by atoms with Gasteiger partial charge in [0.05, 0.1) is 6.10 Å².